The number of nitriles is 1. The minimum Gasteiger partial charge on any atom is -0.361 e. The van der Waals surface area contributed by atoms with Gasteiger partial charge < -0.3 is 10.2 Å². The second-order valence-electron chi connectivity index (χ2n) is 5.60. The van der Waals surface area contributed by atoms with Gasteiger partial charge in [0.2, 0.25) is 0 Å². The van der Waals surface area contributed by atoms with Crippen LogP contribution in [-0.4, -0.2) is 19.6 Å². The van der Waals surface area contributed by atoms with Gasteiger partial charge in [-0.25, -0.2) is 0 Å². The second kappa shape index (κ2) is 6.39. The van der Waals surface area contributed by atoms with E-state index < -0.39 is 0 Å². The highest BCUT2D eigenvalue weighted by Crippen LogP contribution is 2.34. The molecule has 1 N–H and O–H groups in total. The highest BCUT2D eigenvalue weighted by molar-refractivity contribution is 6.33. The van der Waals surface area contributed by atoms with Crippen LogP contribution in [0.25, 0.3) is 0 Å². The fraction of sp³-hybridized carbons (Fsp3) is 0.278. The third-order valence-electron chi connectivity index (χ3n) is 4.09. The van der Waals surface area contributed by atoms with Gasteiger partial charge in [-0.2, -0.15) is 5.26 Å². The lowest BCUT2D eigenvalue weighted by molar-refractivity contribution is 0.490. The van der Waals surface area contributed by atoms with Crippen molar-refractivity contribution in [3.63, 3.8) is 0 Å². The molecule has 22 heavy (non-hydrogen) atoms. The molecule has 3 nitrogen and oxygen atoms in total. The van der Waals surface area contributed by atoms with E-state index in [4.69, 9.17) is 16.9 Å². The Bertz CT molecular complexity index is 703. The average Bonchev–Trinajstić information content (AvgIpc) is 2.55. The number of hydrogen-bond donors (Lipinski definition) is 1. The highest BCUT2D eigenvalue weighted by atomic mass is 35.5. The number of hydrogen-bond acceptors (Lipinski definition) is 3. The summed E-state index contributed by atoms with van der Waals surface area (Å²) in [6, 6.07) is 16.5. The van der Waals surface area contributed by atoms with Crippen molar-refractivity contribution in [2.45, 2.75) is 13.0 Å². The van der Waals surface area contributed by atoms with Crippen molar-refractivity contribution in [2.24, 2.45) is 0 Å². The summed E-state index contributed by atoms with van der Waals surface area (Å²) in [6.45, 7) is 4.81. The molecule has 0 unspecified atom stereocenters. The van der Waals surface area contributed by atoms with E-state index in [9.17, 15) is 0 Å². The third-order valence-corrected chi connectivity index (χ3v) is 4.39. The van der Waals surface area contributed by atoms with Crippen molar-refractivity contribution >= 4 is 17.3 Å². The Kier molecular flexibility index (Phi) is 4.33. The monoisotopic (exact) mass is 311 g/mol. The molecule has 1 atom stereocenters. The normalized spacial score (nSPS) is 18.0. The van der Waals surface area contributed by atoms with Gasteiger partial charge in [-0.3, -0.25) is 0 Å². The molecule has 1 heterocycles. The molecule has 0 saturated carbocycles. The summed E-state index contributed by atoms with van der Waals surface area (Å²) in [7, 11) is 0. The predicted molar refractivity (Wildman–Crippen MR) is 90.3 cm³/mol. The van der Waals surface area contributed by atoms with Gasteiger partial charge >= 0.3 is 0 Å². The van der Waals surface area contributed by atoms with E-state index >= 15 is 0 Å². The first-order valence-electron chi connectivity index (χ1n) is 7.42. The first-order chi connectivity index (χ1) is 10.7. The molecule has 2 aromatic rings. The zero-order valence-corrected chi connectivity index (χ0v) is 13.3. The summed E-state index contributed by atoms with van der Waals surface area (Å²) in [4.78, 5) is 2.32. The van der Waals surface area contributed by atoms with E-state index in [1.807, 2.05) is 12.1 Å². The van der Waals surface area contributed by atoms with Gasteiger partial charge in [0.15, 0.2) is 0 Å². The van der Waals surface area contributed by atoms with Crippen LogP contribution >= 0.6 is 11.6 Å². The number of aryl methyl sites for hydroxylation is 1. The number of anilines is 1. The fourth-order valence-electron chi connectivity index (χ4n) is 2.89. The zero-order valence-electron chi connectivity index (χ0n) is 12.5. The van der Waals surface area contributed by atoms with Gasteiger partial charge in [0.1, 0.15) is 0 Å². The van der Waals surface area contributed by atoms with Crippen LogP contribution in [-0.2, 0) is 0 Å². The van der Waals surface area contributed by atoms with Crippen LogP contribution in [0.3, 0.4) is 0 Å². The van der Waals surface area contributed by atoms with E-state index in [-0.39, 0.29) is 6.04 Å². The quantitative estimate of drug-likeness (QED) is 0.919. The van der Waals surface area contributed by atoms with Gasteiger partial charge in [-0.15, -0.1) is 0 Å². The van der Waals surface area contributed by atoms with E-state index in [0.29, 0.717) is 10.6 Å². The Balaban J connectivity index is 1.96. The Morgan fingerprint density at radius 1 is 1.23 bits per heavy atom. The lowest BCUT2D eigenvalue weighted by Crippen LogP contribution is -2.46. The average molecular weight is 312 g/mol. The van der Waals surface area contributed by atoms with Crippen LogP contribution in [0.5, 0.6) is 0 Å². The largest absolute Gasteiger partial charge is 0.361 e. The summed E-state index contributed by atoms with van der Waals surface area (Å²) in [6.07, 6.45) is 0. The minimum atomic E-state index is 0.250. The number of piperazine rings is 1. The molecule has 2 aromatic carbocycles. The maximum atomic E-state index is 8.99. The summed E-state index contributed by atoms with van der Waals surface area (Å²) >= 11 is 6.41. The topological polar surface area (TPSA) is 39.1 Å². The number of nitrogens with one attached hydrogen (secondary N) is 1. The number of benzene rings is 2. The maximum absolute atomic E-state index is 8.99. The Morgan fingerprint density at radius 2 is 2.00 bits per heavy atom. The predicted octanol–water partition coefficient (Wildman–Crippen LogP) is 3.67. The van der Waals surface area contributed by atoms with Gasteiger partial charge in [-0.05, 0) is 30.7 Å². The van der Waals surface area contributed by atoms with Crippen LogP contribution in [0.2, 0.25) is 5.02 Å². The third kappa shape index (κ3) is 2.94. The van der Waals surface area contributed by atoms with Crippen molar-refractivity contribution < 1.29 is 0 Å². The molecule has 0 aliphatic carbocycles. The standard InChI is InChI=1S/C18H18ClN3/c1-13-2-5-15(6-3-13)18-12-21-8-9-22(18)17-7-4-14(11-20)10-16(17)19/h2-7,10,18,21H,8-9,12H2,1H3/t18-/m0/s1. The fourth-order valence-corrected chi connectivity index (χ4v) is 3.18. The summed E-state index contributed by atoms with van der Waals surface area (Å²) in [5.41, 5.74) is 4.12. The first kappa shape index (κ1) is 14.9. The summed E-state index contributed by atoms with van der Waals surface area (Å²) < 4.78 is 0. The van der Waals surface area contributed by atoms with Crippen molar-refractivity contribution in [3.8, 4) is 6.07 Å². The number of halogens is 1. The molecule has 1 aliphatic heterocycles. The maximum Gasteiger partial charge on any atom is 0.0992 e. The molecule has 1 saturated heterocycles. The Labute approximate surface area is 136 Å². The van der Waals surface area contributed by atoms with Gasteiger partial charge in [0.05, 0.1) is 28.4 Å². The lowest BCUT2D eigenvalue weighted by atomic mass is 10.0. The molecule has 0 spiro atoms. The van der Waals surface area contributed by atoms with Crippen LogP contribution < -0.4 is 10.2 Å². The molecule has 112 valence electrons. The first-order valence-corrected chi connectivity index (χ1v) is 7.80. The Morgan fingerprint density at radius 3 is 2.68 bits per heavy atom. The van der Waals surface area contributed by atoms with E-state index in [1.54, 1.807) is 6.07 Å². The molecule has 0 aromatic heterocycles. The zero-order chi connectivity index (χ0) is 15.5. The number of rotatable bonds is 2. The molecule has 0 radical (unpaired) electrons. The molecular formula is C18H18ClN3. The van der Waals surface area contributed by atoms with Crippen LogP contribution in [0.4, 0.5) is 5.69 Å². The lowest BCUT2D eigenvalue weighted by Gasteiger charge is -2.38. The van der Waals surface area contributed by atoms with Gasteiger partial charge in [0, 0.05) is 19.6 Å². The smallest absolute Gasteiger partial charge is 0.0992 e. The molecule has 3 rings (SSSR count). The van der Waals surface area contributed by atoms with Crippen LogP contribution in [0.1, 0.15) is 22.7 Å². The van der Waals surface area contributed by atoms with Gasteiger partial charge in [0.25, 0.3) is 0 Å². The molecule has 0 bridgehead atoms. The van der Waals surface area contributed by atoms with Crippen molar-refractivity contribution in [1.29, 1.82) is 5.26 Å². The molecule has 1 aliphatic rings. The van der Waals surface area contributed by atoms with Crippen molar-refractivity contribution in [1.82, 2.24) is 5.32 Å². The molecule has 0 amide bonds. The van der Waals surface area contributed by atoms with Crippen molar-refractivity contribution in [2.75, 3.05) is 24.5 Å². The SMILES string of the molecule is Cc1ccc([C@@H]2CNCCN2c2ccc(C#N)cc2Cl)cc1. The molecule has 4 heteroatoms. The second-order valence-corrected chi connectivity index (χ2v) is 6.01. The number of nitrogens with zero attached hydrogens (tertiary/aromatic N) is 2. The van der Waals surface area contributed by atoms with E-state index in [0.717, 1.165) is 25.3 Å². The van der Waals surface area contributed by atoms with E-state index in [2.05, 4.69) is 47.5 Å². The highest BCUT2D eigenvalue weighted by Gasteiger charge is 2.25. The summed E-state index contributed by atoms with van der Waals surface area (Å²) in [5, 5.41) is 13.1. The Hall–Kier alpha value is -2.02. The van der Waals surface area contributed by atoms with Crippen LogP contribution in [0, 0.1) is 18.3 Å². The molecular weight excluding hydrogens is 294 g/mol. The summed E-state index contributed by atoms with van der Waals surface area (Å²) in [5.74, 6) is 0. The van der Waals surface area contributed by atoms with Crippen molar-refractivity contribution in [3.05, 3.63) is 64.2 Å². The van der Waals surface area contributed by atoms with Gasteiger partial charge in [-0.1, -0.05) is 41.4 Å². The molecule has 1 fully saturated rings. The van der Waals surface area contributed by atoms with Crippen LogP contribution in [0.15, 0.2) is 42.5 Å². The van der Waals surface area contributed by atoms with E-state index in [1.165, 1.54) is 11.1 Å². The minimum absolute atomic E-state index is 0.250.